The monoisotopic (exact) mass is 342 g/mol. The maximum absolute atomic E-state index is 12.5. The number of ether oxygens (including phenoxy) is 1. The van der Waals surface area contributed by atoms with E-state index >= 15 is 0 Å². The summed E-state index contributed by atoms with van der Waals surface area (Å²) in [4.78, 5) is 18.3. The molecule has 0 saturated carbocycles. The van der Waals surface area contributed by atoms with E-state index in [-0.39, 0.29) is 12.6 Å². The molecule has 25 heavy (non-hydrogen) atoms. The highest BCUT2D eigenvalue weighted by atomic mass is 19.1. The summed E-state index contributed by atoms with van der Waals surface area (Å²) in [5.74, 6) is 0.354. The number of hydrogen-bond acceptors (Lipinski definition) is 5. The number of aromatic nitrogens is 5. The van der Waals surface area contributed by atoms with Gasteiger partial charge in [0.15, 0.2) is 0 Å². The molecule has 3 aromatic rings. The second-order valence-electron chi connectivity index (χ2n) is 5.60. The van der Waals surface area contributed by atoms with Crippen molar-refractivity contribution in [3.05, 3.63) is 42.5 Å². The lowest BCUT2D eigenvalue weighted by atomic mass is 10.2. The molecule has 1 aliphatic heterocycles. The molecule has 0 atom stereocenters. The van der Waals surface area contributed by atoms with Crippen molar-refractivity contribution in [3.8, 4) is 17.1 Å². The lowest BCUT2D eigenvalue weighted by Crippen LogP contribution is -2.26. The van der Waals surface area contributed by atoms with Crippen LogP contribution in [0.25, 0.3) is 11.3 Å². The van der Waals surface area contributed by atoms with Gasteiger partial charge in [-0.3, -0.25) is 9.58 Å². The van der Waals surface area contributed by atoms with Crippen LogP contribution in [0, 0.1) is 0 Å². The first-order valence-electron chi connectivity index (χ1n) is 7.70. The third kappa shape index (κ3) is 2.73. The van der Waals surface area contributed by atoms with Gasteiger partial charge in [0.05, 0.1) is 29.8 Å². The lowest BCUT2D eigenvalue weighted by Gasteiger charge is -2.11. The van der Waals surface area contributed by atoms with Gasteiger partial charge in [0.1, 0.15) is 13.3 Å². The Morgan fingerprint density at radius 2 is 2.20 bits per heavy atom. The molecule has 1 amide bonds. The highest BCUT2D eigenvalue weighted by Crippen LogP contribution is 2.27. The largest absolute Gasteiger partial charge is 0.475 e. The van der Waals surface area contributed by atoms with Crippen LogP contribution in [0.3, 0.4) is 0 Å². The third-order valence-corrected chi connectivity index (χ3v) is 3.88. The minimum absolute atomic E-state index is 0.0240. The van der Waals surface area contributed by atoms with Crippen molar-refractivity contribution in [1.82, 2.24) is 24.5 Å². The van der Waals surface area contributed by atoms with Crippen molar-refractivity contribution in [2.45, 2.75) is 6.54 Å². The molecule has 0 bridgehead atoms. The Bertz CT molecular complexity index is 917. The molecular formula is C16H15FN6O2. The molecule has 0 aliphatic carbocycles. The summed E-state index contributed by atoms with van der Waals surface area (Å²) in [5.41, 5.74) is 2.94. The fourth-order valence-electron chi connectivity index (χ4n) is 2.69. The van der Waals surface area contributed by atoms with Gasteiger partial charge in [-0.05, 0) is 12.1 Å². The van der Waals surface area contributed by atoms with Crippen LogP contribution in [0.5, 0.6) is 5.88 Å². The Balaban J connectivity index is 1.55. The first kappa shape index (κ1) is 15.3. The van der Waals surface area contributed by atoms with Crippen LogP contribution in [0.2, 0.25) is 0 Å². The Labute approximate surface area is 142 Å². The van der Waals surface area contributed by atoms with E-state index in [9.17, 15) is 9.18 Å². The van der Waals surface area contributed by atoms with E-state index < -0.39 is 6.67 Å². The van der Waals surface area contributed by atoms with Gasteiger partial charge >= 0.3 is 6.03 Å². The summed E-state index contributed by atoms with van der Waals surface area (Å²) >= 11 is 0. The minimum atomic E-state index is -0.563. The Morgan fingerprint density at radius 1 is 1.32 bits per heavy atom. The number of alkyl halides is 1. The molecule has 8 nitrogen and oxygen atoms in total. The first-order chi connectivity index (χ1) is 12.2. The zero-order valence-electron chi connectivity index (χ0n) is 13.5. The number of hydrogen-bond donors (Lipinski definition) is 0. The van der Waals surface area contributed by atoms with E-state index in [4.69, 9.17) is 4.74 Å². The molecule has 3 aromatic heterocycles. The Hall–Kier alpha value is -3.23. The molecule has 0 aromatic carbocycles. The standard InChI is InChI=1S/C16H15FN6O2/c1-21-9-13(8-19-21)22-10-12-6-14(20-23(12)16(22)24)11-2-3-15(18-7-11)25-5-4-17/h2-3,6-9H,4-5,10H2,1H3. The van der Waals surface area contributed by atoms with Crippen LogP contribution in [0.1, 0.15) is 5.69 Å². The summed E-state index contributed by atoms with van der Waals surface area (Å²) in [5, 5.41) is 8.46. The van der Waals surface area contributed by atoms with Crippen molar-refractivity contribution < 1.29 is 13.9 Å². The molecule has 0 fully saturated rings. The molecule has 9 heteroatoms. The fourth-order valence-corrected chi connectivity index (χ4v) is 2.69. The highest BCUT2D eigenvalue weighted by molar-refractivity contribution is 5.96. The molecule has 4 rings (SSSR count). The van der Waals surface area contributed by atoms with Crippen LogP contribution >= 0.6 is 0 Å². The van der Waals surface area contributed by atoms with E-state index in [1.165, 1.54) is 4.68 Å². The minimum Gasteiger partial charge on any atom is -0.475 e. The summed E-state index contributed by atoms with van der Waals surface area (Å²) in [6.45, 7) is -0.154. The number of amides is 1. The topological polar surface area (TPSA) is 78.1 Å². The summed E-state index contributed by atoms with van der Waals surface area (Å²) < 4.78 is 20.2. The molecule has 128 valence electrons. The van der Waals surface area contributed by atoms with Gasteiger partial charge in [-0.15, -0.1) is 0 Å². The van der Waals surface area contributed by atoms with Gasteiger partial charge in [-0.2, -0.15) is 14.9 Å². The average Bonchev–Trinajstić information content (AvgIpc) is 3.30. The molecular weight excluding hydrogens is 327 g/mol. The molecule has 0 saturated heterocycles. The zero-order valence-corrected chi connectivity index (χ0v) is 13.5. The molecule has 0 N–H and O–H groups in total. The van der Waals surface area contributed by atoms with Crippen LogP contribution in [0.15, 0.2) is 36.8 Å². The normalized spacial score (nSPS) is 13.4. The number of halogens is 1. The van der Waals surface area contributed by atoms with Crippen molar-refractivity contribution >= 4 is 11.7 Å². The van der Waals surface area contributed by atoms with Crippen molar-refractivity contribution in [2.24, 2.45) is 7.05 Å². The van der Waals surface area contributed by atoms with Crippen molar-refractivity contribution in [3.63, 3.8) is 0 Å². The van der Waals surface area contributed by atoms with Crippen molar-refractivity contribution in [1.29, 1.82) is 0 Å². The number of rotatable bonds is 5. The highest BCUT2D eigenvalue weighted by Gasteiger charge is 2.31. The van der Waals surface area contributed by atoms with Gasteiger partial charge in [-0.1, -0.05) is 0 Å². The van der Waals surface area contributed by atoms with Crippen LogP contribution in [-0.2, 0) is 13.6 Å². The van der Waals surface area contributed by atoms with E-state index in [1.54, 1.807) is 47.4 Å². The predicted octanol–water partition coefficient (Wildman–Crippen LogP) is 2.02. The maximum atomic E-state index is 12.5. The Morgan fingerprint density at radius 3 is 2.84 bits per heavy atom. The van der Waals surface area contributed by atoms with E-state index in [0.29, 0.717) is 18.1 Å². The summed E-state index contributed by atoms with van der Waals surface area (Å²) in [6, 6.07) is 5.07. The molecule has 1 aliphatic rings. The lowest BCUT2D eigenvalue weighted by molar-refractivity contribution is 0.248. The third-order valence-electron chi connectivity index (χ3n) is 3.88. The van der Waals surface area contributed by atoms with Crippen LogP contribution in [0.4, 0.5) is 14.9 Å². The fraction of sp³-hybridized carbons (Fsp3) is 0.250. The number of aryl methyl sites for hydroxylation is 1. The second kappa shape index (κ2) is 6.00. The summed E-state index contributed by atoms with van der Waals surface area (Å²) in [7, 11) is 1.80. The van der Waals surface area contributed by atoms with E-state index in [0.717, 1.165) is 16.9 Å². The number of carbonyl (C=O) groups is 1. The number of carbonyl (C=O) groups excluding carboxylic acids is 1. The molecule has 0 spiro atoms. The number of pyridine rings is 1. The van der Waals surface area contributed by atoms with E-state index in [1.807, 2.05) is 6.07 Å². The zero-order chi connectivity index (χ0) is 17.4. The smallest absolute Gasteiger partial charge is 0.349 e. The van der Waals surface area contributed by atoms with Crippen LogP contribution in [-0.4, -0.2) is 43.9 Å². The second-order valence-corrected chi connectivity index (χ2v) is 5.60. The van der Waals surface area contributed by atoms with Gasteiger partial charge in [0, 0.05) is 31.1 Å². The first-order valence-corrected chi connectivity index (χ1v) is 7.70. The quantitative estimate of drug-likeness (QED) is 0.709. The maximum Gasteiger partial charge on any atom is 0.349 e. The predicted molar refractivity (Wildman–Crippen MR) is 87.1 cm³/mol. The summed E-state index contributed by atoms with van der Waals surface area (Å²) in [6.07, 6.45) is 5.02. The number of fused-ring (bicyclic) bond motifs is 1. The molecule has 0 radical (unpaired) electrons. The number of nitrogens with zero attached hydrogens (tertiary/aromatic N) is 6. The molecule has 4 heterocycles. The van der Waals surface area contributed by atoms with E-state index in [2.05, 4.69) is 15.2 Å². The van der Waals surface area contributed by atoms with Crippen LogP contribution < -0.4 is 9.64 Å². The van der Waals surface area contributed by atoms with Gasteiger partial charge in [0.2, 0.25) is 5.88 Å². The number of anilines is 1. The average molecular weight is 342 g/mol. The van der Waals surface area contributed by atoms with Crippen molar-refractivity contribution in [2.75, 3.05) is 18.2 Å². The molecule has 0 unspecified atom stereocenters. The SMILES string of the molecule is Cn1cc(N2Cc3cc(-c4ccc(OCCF)nc4)nn3C2=O)cn1. The van der Waals surface area contributed by atoms with Gasteiger partial charge in [0.25, 0.3) is 0 Å². The van der Waals surface area contributed by atoms with Gasteiger partial charge in [-0.25, -0.2) is 14.2 Å². The van der Waals surface area contributed by atoms with Gasteiger partial charge < -0.3 is 4.74 Å². The Kier molecular flexibility index (Phi) is 3.68.